The second-order valence-corrected chi connectivity index (χ2v) is 5.71. The highest BCUT2D eigenvalue weighted by Gasteiger charge is 2.08. The Hall–Kier alpha value is -1.62. The first-order valence-corrected chi connectivity index (χ1v) is 8.00. The average molecular weight is 338 g/mol. The fourth-order valence-corrected chi connectivity index (χ4v) is 2.40. The summed E-state index contributed by atoms with van der Waals surface area (Å²) in [7, 11) is 0. The Kier molecular flexibility index (Phi) is 6.84. The van der Waals surface area contributed by atoms with Crippen LogP contribution in [0.4, 0.5) is 4.39 Å². The number of nitrogens with one attached hydrogen (secondary N) is 1. The first kappa shape index (κ1) is 17.7. The molecule has 0 bridgehead atoms. The zero-order valence-corrected chi connectivity index (χ0v) is 13.8. The molecular formula is C18H21ClFNO2. The molecule has 124 valence electrons. The van der Waals surface area contributed by atoms with Gasteiger partial charge >= 0.3 is 0 Å². The molecule has 0 aliphatic heterocycles. The van der Waals surface area contributed by atoms with Gasteiger partial charge in [-0.05, 0) is 24.6 Å². The number of hydrogen-bond acceptors (Lipinski definition) is 3. The normalized spacial score (nSPS) is 12.2. The van der Waals surface area contributed by atoms with Crippen LogP contribution in [0.15, 0.2) is 42.5 Å². The van der Waals surface area contributed by atoms with E-state index >= 15 is 0 Å². The van der Waals surface area contributed by atoms with E-state index in [1.807, 2.05) is 31.2 Å². The number of ether oxygens (including phenoxy) is 1. The van der Waals surface area contributed by atoms with Gasteiger partial charge in [-0.1, -0.05) is 42.8 Å². The number of rotatable bonds is 8. The zero-order valence-electron chi connectivity index (χ0n) is 13.1. The molecule has 0 fully saturated rings. The Morgan fingerprint density at radius 1 is 1.22 bits per heavy atom. The summed E-state index contributed by atoms with van der Waals surface area (Å²) in [5, 5.41) is 12.9. The summed E-state index contributed by atoms with van der Waals surface area (Å²) in [6.07, 6.45) is 0.852. The fourth-order valence-electron chi connectivity index (χ4n) is 2.18. The number of para-hydroxylation sites is 1. The van der Waals surface area contributed by atoms with Crippen molar-refractivity contribution in [1.82, 2.24) is 5.32 Å². The minimum atomic E-state index is -0.363. The maximum atomic E-state index is 13.1. The topological polar surface area (TPSA) is 41.5 Å². The zero-order chi connectivity index (χ0) is 16.7. The fraction of sp³-hybridized carbons (Fsp3) is 0.333. The van der Waals surface area contributed by atoms with Crippen molar-refractivity contribution in [3.05, 3.63) is 64.4 Å². The van der Waals surface area contributed by atoms with E-state index in [2.05, 4.69) is 5.32 Å². The van der Waals surface area contributed by atoms with Gasteiger partial charge in [0.1, 0.15) is 18.2 Å². The number of halogens is 2. The summed E-state index contributed by atoms with van der Waals surface area (Å²) >= 11 is 6.02. The predicted molar refractivity (Wildman–Crippen MR) is 90.2 cm³/mol. The first-order chi connectivity index (χ1) is 11.1. The van der Waals surface area contributed by atoms with Crippen LogP contribution in [0.1, 0.15) is 24.5 Å². The van der Waals surface area contributed by atoms with Gasteiger partial charge in [0.25, 0.3) is 0 Å². The van der Waals surface area contributed by atoms with E-state index < -0.39 is 0 Å². The van der Waals surface area contributed by atoms with E-state index in [-0.39, 0.29) is 25.1 Å². The van der Waals surface area contributed by atoms with E-state index in [0.29, 0.717) is 11.6 Å². The van der Waals surface area contributed by atoms with Gasteiger partial charge in [0, 0.05) is 23.7 Å². The molecular weight excluding hydrogens is 317 g/mol. The quantitative estimate of drug-likeness (QED) is 0.767. The Labute approximate surface area is 141 Å². The van der Waals surface area contributed by atoms with Crippen molar-refractivity contribution in [3.8, 4) is 5.75 Å². The van der Waals surface area contributed by atoms with Crippen LogP contribution in [0, 0.1) is 5.82 Å². The highest BCUT2D eigenvalue weighted by Crippen LogP contribution is 2.22. The molecule has 0 saturated carbocycles. The van der Waals surface area contributed by atoms with Gasteiger partial charge in [-0.15, -0.1) is 0 Å². The van der Waals surface area contributed by atoms with Crippen molar-refractivity contribution >= 4 is 11.6 Å². The van der Waals surface area contributed by atoms with Crippen LogP contribution in [0.3, 0.4) is 0 Å². The number of hydrogen-bond donors (Lipinski definition) is 2. The van der Waals surface area contributed by atoms with Crippen molar-refractivity contribution in [2.75, 3.05) is 6.61 Å². The van der Waals surface area contributed by atoms with Crippen LogP contribution in [-0.2, 0) is 13.2 Å². The summed E-state index contributed by atoms with van der Waals surface area (Å²) in [5.74, 6) is 0.381. The third-order valence-corrected chi connectivity index (χ3v) is 4.02. The summed E-state index contributed by atoms with van der Waals surface area (Å²) in [5.41, 5.74) is 1.73. The molecule has 1 atom stereocenters. The summed E-state index contributed by atoms with van der Waals surface area (Å²) in [4.78, 5) is 0. The van der Waals surface area contributed by atoms with Gasteiger partial charge in [-0.3, -0.25) is 0 Å². The average Bonchev–Trinajstić information content (AvgIpc) is 2.56. The minimum Gasteiger partial charge on any atom is -0.489 e. The molecule has 5 heteroatoms. The Morgan fingerprint density at radius 2 is 2.00 bits per heavy atom. The van der Waals surface area contributed by atoms with E-state index in [9.17, 15) is 9.50 Å². The van der Waals surface area contributed by atoms with Crippen LogP contribution in [-0.4, -0.2) is 17.8 Å². The predicted octanol–water partition coefficient (Wildman–Crippen LogP) is 3.92. The van der Waals surface area contributed by atoms with Gasteiger partial charge in [0.2, 0.25) is 0 Å². The van der Waals surface area contributed by atoms with Crippen LogP contribution in [0.2, 0.25) is 5.02 Å². The standard InChI is InChI=1S/C18H21ClFNO2/c1-2-16(11-22)21-10-13-5-3-4-6-18(13)23-12-14-7-8-15(20)9-17(14)19/h3-9,16,21-22H,2,10-12H2,1H3/t16-/m0/s1. The number of aliphatic hydroxyl groups is 1. The molecule has 0 aromatic heterocycles. The molecule has 0 unspecified atom stereocenters. The molecule has 2 aromatic rings. The molecule has 0 amide bonds. The van der Waals surface area contributed by atoms with Crippen LogP contribution >= 0.6 is 11.6 Å². The van der Waals surface area contributed by atoms with Crippen LogP contribution in [0.5, 0.6) is 5.75 Å². The minimum absolute atomic E-state index is 0.0644. The maximum Gasteiger partial charge on any atom is 0.124 e. The second-order valence-electron chi connectivity index (χ2n) is 5.30. The van der Waals surface area contributed by atoms with Crippen LogP contribution < -0.4 is 10.1 Å². The molecule has 0 radical (unpaired) electrons. The van der Waals surface area contributed by atoms with Crippen molar-refractivity contribution < 1.29 is 14.2 Å². The SMILES string of the molecule is CC[C@@H](CO)NCc1ccccc1OCc1ccc(F)cc1Cl. The Morgan fingerprint density at radius 3 is 2.70 bits per heavy atom. The number of benzene rings is 2. The molecule has 23 heavy (non-hydrogen) atoms. The van der Waals surface area contributed by atoms with E-state index in [0.717, 1.165) is 23.3 Å². The smallest absolute Gasteiger partial charge is 0.124 e. The molecule has 0 saturated heterocycles. The summed E-state index contributed by atoms with van der Waals surface area (Å²) < 4.78 is 18.9. The van der Waals surface area contributed by atoms with E-state index in [4.69, 9.17) is 16.3 Å². The highest BCUT2D eigenvalue weighted by atomic mass is 35.5. The van der Waals surface area contributed by atoms with Crippen LogP contribution in [0.25, 0.3) is 0 Å². The lowest BCUT2D eigenvalue weighted by Gasteiger charge is -2.16. The maximum absolute atomic E-state index is 13.1. The summed E-state index contributed by atoms with van der Waals surface area (Å²) in [6.45, 7) is 3.00. The lowest BCUT2D eigenvalue weighted by Crippen LogP contribution is -2.31. The highest BCUT2D eigenvalue weighted by molar-refractivity contribution is 6.31. The second kappa shape index (κ2) is 8.87. The molecule has 0 aliphatic rings. The number of aliphatic hydroxyl groups excluding tert-OH is 1. The van der Waals surface area contributed by atoms with Gasteiger partial charge in [0.05, 0.1) is 11.6 Å². The van der Waals surface area contributed by atoms with Crippen molar-refractivity contribution in [2.24, 2.45) is 0 Å². The molecule has 0 heterocycles. The third kappa shape index (κ3) is 5.20. The van der Waals surface area contributed by atoms with E-state index in [1.165, 1.54) is 12.1 Å². The monoisotopic (exact) mass is 337 g/mol. The van der Waals surface area contributed by atoms with Crippen molar-refractivity contribution in [1.29, 1.82) is 0 Å². The summed E-state index contributed by atoms with van der Waals surface area (Å²) in [6, 6.07) is 12.0. The van der Waals surface area contributed by atoms with Gasteiger partial charge in [0.15, 0.2) is 0 Å². The molecule has 2 rings (SSSR count). The molecule has 3 nitrogen and oxygen atoms in total. The Balaban J connectivity index is 2.02. The van der Waals surface area contributed by atoms with Gasteiger partial charge in [-0.25, -0.2) is 4.39 Å². The largest absolute Gasteiger partial charge is 0.489 e. The third-order valence-electron chi connectivity index (χ3n) is 3.67. The molecule has 2 N–H and O–H groups in total. The van der Waals surface area contributed by atoms with Crippen molar-refractivity contribution in [3.63, 3.8) is 0 Å². The Bertz CT molecular complexity index is 632. The molecule has 0 spiro atoms. The first-order valence-electron chi connectivity index (χ1n) is 7.63. The van der Waals surface area contributed by atoms with Gasteiger partial charge < -0.3 is 15.2 Å². The lowest BCUT2D eigenvalue weighted by atomic mass is 10.1. The van der Waals surface area contributed by atoms with E-state index in [1.54, 1.807) is 6.07 Å². The van der Waals surface area contributed by atoms with Crippen molar-refractivity contribution in [2.45, 2.75) is 32.5 Å². The van der Waals surface area contributed by atoms with Gasteiger partial charge in [-0.2, -0.15) is 0 Å². The molecule has 0 aliphatic carbocycles. The lowest BCUT2D eigenvalue weighted by molar-refractivity contribution is 0.237. The molecule has 2 aromatic carbocycles.